The van der Waals surface area contributed by atoms with E-state index in [1.54, 1.807) is 18.3 Å². The third-order valence-corrected chi connectivity index (χ3v) is 7.84. The summed E-state index contributed by atoms with van der Waals surface area (Å²) in [5.41, 5.74) is 2.52. The summed E-state index contributed by atoms with van der Waals surface area (Å²) in [6.45, 7) is 5.86. The van der Waals surface area contributed by atoms with E-state index in [0.29, 0.717) is 30.1 Å². The van der Waals surface area contributed by atoms with Gasteiger partial charge in [0.2, 0.25) is 0 Å². The van der Waals surface area contributed by atoms with E-state index in [4.69, 9.17) is 4.98 Å². The van der Waals surface area contributed by atoms with Crippen LogP contribution in [0.4, 0.5) is 30.4 Å². The number of nitrogens with one attached hydrogen (secondary N) is 1. The van der Waals surface area contributed by atoms with E-state index in [1.807, 2.05) is 11.8 Å². The van der Waals surface area contributed by atoms with Crippen LogP contribution in [0.1, 0.15) is 40.4 Å². The number of nitrogens with zero attached hydrogens (tertiary/aromatic N) is 6. The van der Waals surface area contributed by atoms with Gasteiger partial charge >= 0.3 is 0 Å². The van der Waals surface area contributed by atoms with E-state index in [-0.39, 0.29) is 17.2 Å². The second-order valence-electron chi connectivity index (χ2n) is 10.5. The first-order valence-electron chi connectivity index (χ1n) is 13.4. The molecule has 1 amide bonds. The number of anilines is 3. The van der Waals surface area contributed by atoms with Gasteiger partial charge < -0.3 is 20.0 Å². The van der Waals surface area contributed by atoms with E-state index in [0.717, 1.165) is 56.0 Å². The van der Waals surface area contributed by atoms with E-state index in [9.17, 15) is 13.6 Å². The number of fused-ring (bicyclic) bond motifs is 1. The van der Waals surface area contributed by atoms with E-state index in [2.05, 4.69) is 27.3 Å². The maximum atomic E-state index is 15.2. The number of hydrogen-bond donors (Lipinski definition) is 1. The van der Waals surface area contributed by atoms with Crippen molar-refractivity contribution in [3.05, 3.63) is 82.9 Å². The number of carbonyl (C=O) groups is 1. The molecular formula is C29H30F3N7O. The number of rotatable bonds is 5. The summed E-state index contributed by atoms with van der Waals surface area (Å²) in [5.74, 6) is -1.61. The zero-order valence-electron chi connectivity index (χ0n) is 22.4. The van der Waals surface area contributed by atoms with Gasteiger partial charge in [0, 0.05) is 50.2 Å². The van der Waals surface area contributed by atoms with Crippen molar-refractivity contribution < 1.29 is 18.0 Å². The third-order valence-electron chi connectivity index (χ3n) is 7.84. The summed E-state index contributed by atoms with van der Waals surface area (Å²) in [6, 6.07) is 7.86. The molecule has 2 fully saturated rings. The van der Waals surface area contributed by atoms with Crippen LogP contribution < -0.4 is 15.1 Å². The summed E-state index contributed by atoms with van der Waals surface area (Å²) in [5, 5.41) is 7.02. The normalized spacial score (nSPS) is 18.1. The van der Waals surface area contributed by atoms with Crippen LogP contribution in [0, 0.1) is 24.4 Å². The van der Waals surface area contributed by atoms with Gasteiger partial charge in [-0.2, -0.15) is 5.10 Å². The van der Waals surface area contributed by atoms with Gasteiger partial charge in [-0.15, -0.1) is 0 Å². The summed E-state index contributed by atoms with van der Waals surface area (Å²) in [4.78, 5) is 24.2. The minimum Gasteiger partial charge on any atom is -0.369 e. The lowest BCUT2D eigenvalue weighted by Gasteiger charge is -2.35. The van der Waals surface area contributed by atoms with Crippen LogP contribution >= 0.6 is 0 Å². The lowest BCUT2D eigenvalue weighted by Crippen LogP contribution is -2.44. The highest BCUT2D eigenvalue weighted by molar-refractivity contribution is 6.06. The lowest BCUT2D eigenvalue weighted by atomic mass is 10.0. The van der Waals surface area contributed by atoms with Crippen molar-refractivity contribution in [3.8, 4) is 0 Å². The Balaban J connectivity index is 1.25. The van der Waals surface area contributed by atoms with Gasteiger partial charge in [-0.3, -0.25) is 4.79 Å². The molecule has 0 aliphatic carbocycles. The number of aryl methyl sites for hydroxylation is 1. The molecule has 4 heterocycles. The minimum absolute atomic E-state index is 0.0629. The predicted octanol–water partition coefficient (Wildman–Crippen LogP) is 4.80. The van der Waals surface area contributed by atoms with Crippen LogP contribution in [-0.4, -0.2) is 65.2 Å². The van der Waals surface area contributed by atoms with Crippen molar-refractivity contribution in [2.24, 2.45) is 0 Å². The molecule has 208 valence electrons. The molecule has 2 aromatic heterocycles. The van der Waals surface area contributed by atoms with E-state index in [1.165, 1.54) is 22.8 Å². The summed E-state index contributed by atoms with van der Waals surface area (Å²) < 4.78 is 45.2. The first-order chi connectivity index (χ1) is 19.3. The molecule has 2 aliphatic heterocycles. The Labute approximate surface area is 230 Å². The van der Waals surface area contributed by atoms with Crippen molar-refractivity contribution in [1.82, 2.24) is 19.5 Å². The van der Waals surface area contributed by atoms with Crippen LogP contribution in [-0.2, 0) is 0 Å². The Kier molecular flexibility index (Phi) is 6.83. The zero-order valence-corrected chi connectivity index (χ0v) is 22.4. The van der Waals surface area contributed by atoms with E-state index >= 15 is 4.39 Å². The second-order valence-corrected chi connectivity index (χ2v) is 10.5. The fourth-order valence-corrected chi connectivity index (χ4v) is 5.66. The van der Waals surface area contributed by atoms with Gasteiger partial charge in [-0.05, 0) is 68.8 Å². The maximum absolute atomic E-state index is 15.2. The number of aromatic nitrogens is 3. The highest BCUT2D eigenvalue weighted by Crippen LogP contribution is 2.37. The first-order valence-corrected chi connectivity index (χ1v) is 13.4. The minimum atomic E-state index is -0.603. The molecule has 1 atom stereocenters. The Morgan fingerprint density at radius 3 is 2.60 bits per heavy atom. The molecule has 0 saturated carbocycles. The molecule has 11 heteroatoms. The Morgan fingerprint density at radius 2 is 1.80 bits per heavy atom. The van der Waals surface area contributed by atoms with Crippen LogP contribution in [0.25, 0.3) is 5.65 Å². The van der Waals surface area contributed by atoms with Crippen LogP contribution in [0.2, 0.25) is 0 Å². The fourth-order valence-electron chi connectivity index (χ4n) is 5.66. The number of halogens is 3. The van der Waals surface area contributed by atoms with Crippen LogP contribution in [0.3, 0.4) is 0 Å². The molecule has 4 aromatic rings. The Hall–Kier alpha value is -4.12. The van der Waals surface area contributed by atoms with Crippen LogP contribution in [0.5, 0.6) is 0 Å². The van der Waals surface area contributed by atoms with Crippen molar-refractivity contribution in [2.45, 2.75) is 25.8 Å². The van der Waals surface area contributed by atoms with Gasteiger partial charge in [0.15, 0.2) is 5.65 Å². The number of benzene rings is 2. The van der Waals surface area contributed by atoms with Gasteiger partial charge in [0.1, 0.15) is 29.0 Å². The molecule has 2 saturated heterocycles. The monoisotopic (exact) mass is 549 g/mol. The standard InChI is InChI=1S/C29H30F3N7O/c1-18-14-21(23(32)16-26(18)37-12-10-36(2)11-13-37)29(40)34-24-17-33-39-9-7-27(35-28(24)39)38-8-3-4-25(38)20-15-19(30)5-6-22(20)31/h5-7,9,14-17,25H,3-4,8,10-13H2,1-2H3,(H,34,40)/t25-/m1/s1. The average Bonchev–Trinajstić information content (AvgIpc) is 3.59. The SMILES string of the molecule is Cc1cc(C(=O)Nc2cnn3ccc(N4CCC[C@@H]4c4cc(F)ccc4F)nc23)c(F)cc1N1CCN(C)CC1. The molecule has 2 aliphatic rings. The smallest absolute Gasteiger partial charge is 0.258 e. The van der Waals surface area contributed by atoms with Crippen molar-refractivity contribution in [3.63, 3.8) is 0 Å². The number of carbonyl (C=O) groups excluding carboxylic acids is 1. The zero-order chi connectivity index (χ0) is 28.0. The molecule has 0 unspecified atom stereocenters. The lowest BCUT2D eigenvalue weighted by molar-refractivity contribution is 0.102. The molecule has 1 N–H and O–H groups in total. The molecule has 8 nitrogen and oxygen atoms in total. The maximum Gasteiger partial charge on any atom is 0.258 e. The fraction of sp³-hybridized carbons (Fsp3) is 0.345. The molecular weight excluding hydrogens is 519 g/mol. The highest BCUT2D eigenvalue weighted by atomic mass is 19.1. The van der Waals surface area contributed by atoms with E-state index < -0.39 is 23.4 Å². The predicted molar refractivity (Wildman–Crippen MR) is 147 cm³/mol. The summed E-state index contributed by atoms with van der Waals surface area (Å²) in [7, 11) is 2.06. The third kappa shape index (κ3) is 4.85. The summed E-state index contributed by atoms with van der Waals surface area (Å²) in [6.07, 6.45) is 4.60. The van der Waals surface area contributed by atoms with Crippen LogP contribution in [0.15, 0.2) is 48.8 Å². The van der Waals surface area contributed by atoms with Gasteiger partial charge in [-0.1, -0.05) is 0 Å². The molecule has 0 spiro atoms. The molecule has 0 bridgehead atoms. The van der Waals surface area contributed by atoms with Crippen molar-refractivity contribution in [1.29, 1.82) is 0 Å². The van der Waals surface area contributed by atoms with Gasteiger partial charge in [0.25, 0.3) is 5.91 Å². The number of hydrogen-bond acceptors (Lipinski definition) is 6. The number of piperazine rings is 1. The molecule has 6 rings (SSSR count). The molecule has 0 radical (unpaired) electrons. The quantitative estimate of drug-likeness (QED) is 0.386. The summed E-state index contributed by atoms with van der Waals surface area (Å²) >= 11 is 0. The Morgan fingerprint density at radius 1 is 1.00 bits per heavy atom. The Bertz CT molecular complexity index is 1580. The largest absolute Gasteiger partial charge is 0.369 e. The van der Waals surface area contributed by atoms with Crippen molar-refractivity contribution >= 4 is 28.7 Å². The molecule has 40 heavy (non-hydrogen) atoms. The van der Waals surface area contributed by atoms with Gasteiger partial charge in [-0.25, -0.2) is 22.7 Å². The first kappa shape index (κ1) is 26.1. The second kappa shape index (κ2) is 10.5. The molecule has 2 aromatic carbocycles. The number of likely N-dealkylation sites (N-methyl/N-ethyl adjacent to an activating group) is 1. The average molecular weight is 550 g/mol. The van der Waals surface area contributed by atoms with Gasteiger partial charge in [0.05, 0.1) is 17.8 Å². The van der Waals surface area contributed by atoms with Crippen molar-refractivity contribution in [2.75, 3.05) is 54.9 Å². The topological polar surface area (TPSA) is 69.0 Å². The number of amides is 1. The highest BCUT2D eigenvalue weighted by Gasteiger charge is 2.30.